The predicted molar refractivity (Wildman–Crippen MR) is 89.1 cm³/mol. The molecule has 0 bridgehead atoms. The van der Waals surface area contributed by atoms with Crippen molar-refractivity contribution >= 4 is 23.2 Å². The Labute approximate surface area is 131 Å². The minimum Gasteiger partial charge on any atom is -0.0843 e. The van der Waals surface area contributed by atoms with Gasteiger partial charge in [-0.05, 0) is 53.1 Å². The van der Waals surface area contributed by atoms with Crippen LogP contribution in [0, 0.1) is 0 Å². The van der Waals surface area contributed by atoms with E-state index in [1.54, 1.807) is 0 Å². The number of hydrogen-bond donors (Lipinski definition) is 0. The standard InChI is InChI=1S/C18H20Cl2/c1-12(2)15-4-5-16(18(20)11-15)10-13(3)14-6-8-17(19)9-7-14/h4-9,11-13H,10H2,1-3H3. The topological polar surface area (TPSA) is 0 Å². The van der Waals surface area contributed by atoms with Crippen molar-refractivity contribution in [3.05, 3.63) is 69.2 Å². The summed E-state index contributed by atoms with van der Waals surface area (Å²) in [6, 6.07) is 14.5. The third-order valence-electron chi connectivity index (χ3n) is 3.71. The van der Waals surface area contributed by atoms with E-state index in [0.29, 0.717) is 11.8 Å². The van der Waals surface area contributed by atoms with Crippen molar-refractivity contribution in [2.75, 3.05) is 0 Å². The van der Waals surface area contributed by atoms with Crippen molar-refractivity contribution in [1.29, 1.82) is 0 Å². The molecular formula is C18H20Cl2. The van der Waals surface area contributed by atoms with Gasteiger partial charge < -0.3 is 0 Å². The lowest BCUT2D eigenvalue weighted by atomic mass is 9.92. The summed E-state index contributed by atoms with van der Waals surface area (Å²) in [6.45, 7) is 6.58. The number of hydrogen-bond acceptors (Lipinski definition) is 0. The maximum atomic E-state index is 6.41. The molecule has 0 amide bonds. The molecule has 0 aromatic heterocycles. The summed E-state index contributed by atoms with van der Waals surface area (Å²) in [4.78, 5) is 0. The molecule has 2 aromatic rings. The van der Waals surface area contributed by atoms with Crippen molar-refractivity contribution in [1.82, 2.24) is 0 Å². The first kappa shape index (κ1) is 15.4. The second kappa shape index (κ2) is 6.65. The monoisotopic (exact) mass is 306 g/mol. The van der Waals surface area contributed by atoms with Crippen molar-refractivity contribution < 1.29 is 0 Å². The van der Waals surface area contributed by atoms with E-state index in [1.807, 2.05) is 12.1 Å². The van der Waals surface area contributed by atoms with E-state index in [2.05, 4.69) is 51.1 Å². The fraction of sp³-hybridized carbons (Fsp3) is 0.333. The first-order chi connectivity index (χ1) is 9.47. The van der Waals surface area contributed by atoms with Gasteiger partial charge in [-0.25, -0.2) is 0 Å². The Morgan fingerprint density at radius 1 is 0.850 bits per heavy atom. The van der Waals surface area contributed by atoms with Gasteiger partial charge in [-0.3, -0.25) is 0 Å². The first-order valence-corrected chi connectivity index (χ1v) is 7.76. The van der Waals surface area contributed by atoms with E-state index in [4.69, 9.17) is 23.2 Å². The molecule has 106 valence electrons. The predicted octanol–water partition coefficient (Wildman–Crippen LogP) is 6.46. The summed E-state index contributed by atoms with van der Waals surface area (Å²) in [5.41, 5.74) is 3.79. The molecule has 0 aliphatic rings. The minimum absolute atomic E-state index is 0.426. The van der Waals surface area contributed by atoms with E-state index >= 15 is 0 Å². The molecule has 20 heavy (non-hydrogen) atoms. The van der Waals surface area contributed by atoms with Gasteiger partial charge >= 0.3 is 0 Å². The van der Waals surface area contributed by atoms with E-state index in [-0.39, 0.29) is 0 Å². The number of rotatable bonds is 4. The lowest BCUT2D eigenvalue weighted by Gasteiger charge is -2.15. The third kappa shape index (κ3) is 3.77. The molecule has 2 aromatic carbocycles. The SMILES string of the molecule is CC(C)c1ccc(CC(C)c2ccc(Cl)cc2)c(Cl)c1. The average Bonchev–Trinajstić information content (AvgIpc) is 2.41. The van der Waals surface area contributed by atoms with Crippen LogP contribution < -0.4 is 0 Å². The highest BCUT2D eigenvalue weighted by atomic mass is 35.5. The quantitative estimate of drug-likeness (QED) is 0.608. The zero-order valence-corrected chi connectivity index (χ0v) is 13.7. The van der Waals surface area contributed by atoms with Gasteiger partial charge in [0.2, 0.25) is 0 Å². The second-order valence-corrected chi connectivity index (χ2v) is 6.51. The van der Waals surface area contributed by atoms with Gasteiger partial charge in [-0.15, -0.1) is 0 Å². The van der Waals surface area contributed by atoms with Gasteiger partial charge in [0.25, 0.3) is 0 Å². The van der Waals surface area contributed by atoms with Crippen LogP contribution in [0.3, 0.4) is 0 Å². The van der Waals surface area contributed by atoms with Crippen LogP contribution in [0.15, 0.2) is 42.5 Å². The Hall–Kier alpha value is -0.980. The fourth-order valence-corrected chi connectivity index (χ4v) is 2.72. The molecule has 2 rings (SSSR count). The minimum atomic E-state index is 0.426. The molecule has 0 spiro atoms. The molecule has 0 radical (unpaired) electrons. The van der Waals surface area contributed by atoms with Crippen LogP contribution >= 0.6 is 23.2 Å². The zero-order valence-electron chi connectivity index (χ0n) is 12.2. The number of benzene rings is 2. The number of halogens is 2. The molecule has 0 heterocycles. The fourth-order valence-electron chi connectivity index (χ4n) is 2.33. The van der Waals surface area contributed by atoms with Crippen LogP contribution in [0.2, 0.25) is 10.0 Å². The van der Waals surface area contributed by atoms with Crippen LogP contribution in [0.5, 0.6) is 0 Å². The normalized spacial score (nSPS) is 12.7. The van der Waals surface area contributed by atoms with Gasteiger partial charge in [0.15, 0.2) is 0 Å². The van der Waals surface area contributed by atoms with Crippen molar-refractivity contribution in [3.63, 3.8) is 0 Å². The molecule has 0 nitrogen and oxygen atoms in total. The van der Waals surface area contributed by atoms with Gasteiger partial charge in [-0.2, -0.15) is 0 Å². The smallest absolute Gasteiger partial charge is 0.0441 e. The molecule has 0 saturated carbocycles. The Balaban J connectivity index is 2.15. The van der Waals surface area contributed by atoms with Gasteiger partial charge in [-0.1, -0.05) is 68.2 Å². The van der Waals surface area contributed by atoms with E-state index < -0.39 is 0 Å². The Morgan fingerprint density at radius 2 is 1.45 bits per heavy atom. The van der Waals surface area contributed by atoms with Crippen molar-refractivity contribution in [3.8, 4) is 0 Å². The highest BCUT2D eigenvalue weighted by molar-refractivity contribution is 6.31. The van der Waals surface area contributed by atoms with Crippen LogP contribution in [-0.2, 0) is 6.42 Å². The first-order valence-electron chi connectivity index (χ1n) is 7.01. The molecule has 0 N–H and O–H groups in total. The lowest BCUT2D eigenvalue weighted by molar-refractivity contribution is 0.758. The molecule has 1 unspecified atom stereocenters. The van der Waals surface area contributed by atoms with Crippen molar-refractivity contribution in [2.45, 2.75) is 39.0 Å². The summed E-state index contributed by atoms with van der Waals surface area (Å²) in [7, 11) is 0. The van der Waals surface area contributed by atoms with Crippen LogP contribution in [0.1, 0.15) is 49.3 Å². The highest BCUT2D eigenvalue weighted by Crippen LogP contribution is 2.28. The average molecular weight is 307 g/mol. The second-order valence-electron chi connectivity index (χ2n) is 5.66. The van der Waals surface area contributed by atoms with Gasteiger partial charge in [0.1, 0.15) is 0 Å². The Morgan fingerprint density at radius 3 is 2.00 bits per heavy atom. The van der Waals surface area contributed by atoms with Crippen LogP contribution in [0.25, 0.3) is 0 Å². The Bertz CT molecular complexity index is 570. The summed E-state index contributed by atoms with van der Waals surface area (Å²) in [6.07, 6.45) is 0.943. The molecule has 0 aliphatic heterocycles. The van der Waals surface area contributed by atoms with Crippen molar-refractivity contribution in [2.24, 2.45) is 0 Å². The summed E-state index contributed by atoms with van der Waals surface area (Å²) in [5, 5.41) is 1.65. The molecule has 0 fully saturated rings. The summed E-state index contributed by atoms with van der Waals surface area (Å²) in [5.74, 6) is 0.935. The lowest BCUT2D eigenvalue weighted by Crippen LogP contribution is -2.00. The van der Waals surface area contributed by atoms with E-state index in [0.717, 1.165) is 16.5 Å². The van der Waals surface area contributed by atoms with E-state index in [1.165, 1.54) is 16.7 Å². The summed E-state index contributed by atoms with van der Waals surface area (Å²) < 4.78 is 0. The third-order valence-corrected chi connectivity index (χ3v) is 4.31. The molecule has 2 heteroatoms. The summed E-state index contributed by atoms with van der Waals surface area (Å²) >= 11 is 12.3. The highest BCUT2D eigenvalue weighted by Gasteiger charge is 2.10. The zero-order chi connectivity index (χ0) is 14.7. The molecular weight excluding hydrogens is 287 g/mol. The maximum absolute atomic E-state index is 6.41. The maximum Gasteiger partial charge on any atom is 0.0441 e. The molecule has 0 saturated heterocycles. The van der Waals surface area contributed by atoms with Gasteiger partial charge in [0, 0.05) is 10.0 Å². The molecule has 0 aliphatic carbocycles. The Kier molecular flexibility index (Phi) is 5.12. The molecule has 1 atom stereocenters. The van der Waals surface area contributed by atoms with Gasteiger partial charge in [0.05, 0.1) is 0 Å². The van der Waals surface area contributed by atoms with Crippen LogP contribution in [0.4, 0.5) is 0 Å². The van der Waals surface area contributed by atoms with E-state index in [9.17, 15) is 0 Å². The van der Waals surface area contributed by atoms with Crippen LogP contribution in [-0.4, -0.2) is 0 Å². The largest absolute Gasteiger partial charge is 0.0843 e.